The molecule has 3 rings (SSSR count). The number of nitrogens with zero attached hydrogens (tertiary/aromatic N) is 2. The van der Waals surface area contributed by atoms with Gasteiger partial charge in [-0.1, -0.05) is 42.5 Å². The number of hydrogen-bond acceptors (Lipinski definition) is 3. The lowest BCUT2D eigenvalue weighted by Gasteiger charge is -2.34. The van der Waals surface area contributed by atoms with E-state index in [1.807, 2.05) is 6.07 Å². The first kappa shape index (κ1) is 22.1. The van der Waals surface area contributed by atoms with E-state index in [1.54, 1.807) is 24.3 Å². The molecule has 1 N–H and O–H groups in total. The lowest BCUT2D eigenvalue weighted by molar-refractivity contribution is -0.137. The van der Waals surface area contributed by atoms with Crippen molar-refractivity contribution in [3.8, 4) is 0 Å². The second kappa shape index (κ2) is 9.05. The molecule has 162 valence electrons. The first-order valence-electron chi connectivity index (χ1n) is 9.36. The van der Waals surface area contributed by atoms with Crippen LogP contribution in [0.2, 0.25) is 0 Å². The summed E-state index contributed by atoms with van der Waals surface area (Å²) in [4.78, 5) is 13.8. The zero-order chi connectivity index (χ0) is 21.8. The van der Waals surface area contributed by atoms with Gasteiger partial charge in [0.25, 0.3) is 0 Å². The highest BCUT2D eigenvalue weighted by Crippen LogP contribution is 2.29. The highest BCUT2D eigenvalue weighted by molar-refractivity contribution is 7.88. The molecule has 2 amide bonds. The van der Waals surface area contributed by atoms with Gasteiger partial charge in [0, 0.05) is 32.7 Å². The Balaban J connectivity index is 1.51. The third-order valence-corrected chi connectivity index (χ3v) is 6.66. The summed E-state index contributed by atoms with van der Waals surface area (Å²) in [5, 5.41) is 2.59. The normalized spacial score (nSPS) is 15.8. The summed E-state index contributed by atoms with van der Waals surface area (Å²) in [7, 11) is -3.49. The third-order valence-electron chi connectivity index (χ3n) is 4.81. The number of amides is 2. The molecule has 0 radical (unpaired) electrons. The van der Waals surface area contributed by atoms with Gasteiger partial charge in [-0.15, -0.1) is 0 Å². The molecule has 2 aromatic carbocycles. The number of nitrogens with one attached hydrogen (secondary N) is 1. The molecule has 6 nitrogen and oxygen atoms in total. The van der Waals surface area contributed by atoms with E-state index in [9.17, 15) is 26.4 Å². The summed E-state index contributed by atoms with van der Waals surface area (Å²) in [6.07, 6.45) is -4.44. The summed E-state index contributed by atoms with van der Waals surface area (Å²) >= 11 is 0. The van der Waals surface area contributed by atoms with Crippen LogP contribution in [0, 0.1) is 0 Å². The zero-order valence-electron chi connectivity index (χ0n) is 16.1. The number of alkyl halides is 3. The molecule has 30 heavy (non-hydrogen) atoms. The van der Waals surface area contributed by atoms with Gasteiger partial charge in [0.15, 0.2) is 0 Å². The molecule has 0 saturated carbocycles. The SMILES string of the molecule is O=C(NCc1cccc(C(F)(F)F)c1)N1CCN(S(=O)(=O)Cc2ccccc2)CC1. The van der Waals surface area contributed by atoms with E-state index in [4.69, 9.17) is 0 Å². The molecule has 1 heterocycles. The Morgan fingerprint density at radius 2 is 1.57 bits per heavy atom. The number of piperazine rings is 1. The first-order chi connectivity index (χ1) is 14.1. The lowest BCUT2D eigenvalue weighted by Crippen LogP contribution is -2.53. The Morgan fingerprint density at radius 3 is 2.20 bits per heavy atom. The summed E-state index contributed by atoms with van der Waals surface area (Å²) in [5.74, 6) is -0.102. The monoisotopic (exact) mass is 441 g/mol. The molecule has 0 aromatic heterocycles. The minimum absolute atomic E-state index is 0.0464. The number of rotatable bonds is 5. The molecular formula is C20H22F3N3O3S. The first-order valence-corrected chi connectivity index (χ1v) is 11.0. The number of halogens is 3. The van der Waals surface area contributed by atoms with Crippen LogP contribution < -0.4 is 5.32 Å². The van der Waals surface area contributed by atoms with Crippen molar-refractivity contribution in [1.82, 2.24) is 14.5 Å². The second-order valence-corrected chi connectivity index (χ2v) is 8.95. The number of carbonyl (C=O) groups is 1. The van der Waals surface area contributed by atoms with Gasteiger partial charge in [-0.2, -0.15) is 17.5 Å². The van der Waals surface area contributed by atoms with Crippen molar-refractivity contribution in [1.29, 1.82) is 0 Å². The third kappa shape index (κ3) is 5.73. The van der Waals surface area contributed by atoms with Crippen molar-refractivity contribution in [2.75, 3.05) is 26.2 Å². The molecule has 0 atom stereocenters. The van der Waals surface area contributed by atoms with Crippen molar-refractivity contribution in [3.05, 3.63) is 71.3 Å². The maximum atomic E-state index is 12.8. The fourth-order valence-electron chi connectivity index (χ4n) is 3.19. The van der Waals surface area contributed by atoms with Gasteiger partial charge >= 0.3 is 12.2 Å². The fraction of sp³-hybridized carbons (Fsp3) is 0.350. The molecule has 10 heteroatoms. The number of sulfonamides is 1. The van der Waals surface area contributed by atoms with Crippen molar-refractivity contribution < 1.29 is 26.4 Å². The predicted octanol–water partition coefficient (Wildman–Crippen LogP) is 3.06. The van der Waals surface area contributed by atoms with Crippen LogP contribution in [0.4, 0.5) is 18.0 Å². The highest BCUT2D eigenvalue weighted by Gasteiger charge is 2.31. The maximum absolute atomic E-state index is 12.8. The lowest BCUT2D eigenvalue weighted by atomic mass is 10.1. The molecule has 1 aliphatic rings. The van der Waals surface area contributed by atoms with Crippen molar-refractivity contribution >= 4 is 16.1 Å². The summed E-state index contributed by atoms with van der Waals surface area (Å²) in [6.45, 7) is 0.721. The van der Waals surface area contributed by atoms with Crippen molar-refractivity contribution in [2.45, 2.75) is 18.5 Å². The highest BCUT2D eigenvalue weighted by atomic mass is 32.2. The number of hydrogen-bond donors (Lipinski definition) is 1. The van der Waals surface area contributed by atoms with E-state index in [1.165, 1.54) is 21.3 Å². The van der Waals surface area contributed by atoms with Crippen LogP contribution in [-0.2, 0) is 28.5 Å². The van der Waals surface area contributed by atoms with Crippen LogP contribution in [0.3, 0.4) is 0 Å². The van der Waals surface area contributed by atoms with Gasteiger partial charge < -0.3 is 10.2 Å². The van der Waals surface area contributed by atoms with Gasteiger partial charge in [0.05, 0.1) is 11.3 Å². The van der Waals surface area contributed by atoms with Crippen molar-refractivity contribution in [3.63, 3.8) is 0 Å². The average Bonchev–Trinajstić information content (AvgIpc) is 2.72. The van der Waals surface area contributed by atoms with E-state index < -0.39 is 27.8 Å². The summed E-state index contributed by atoms with van der Waals surface area (Å²) in [5.41, 5.74) is 0.257. The van der Waals surface area contributed by atoms with Crippen LogP contribution >= 0.6 is 0 Å². The molecule has 2 aromatic rings. The number of carbonyl (C=O) groups excluding carboxylic acids is 1. The van der Waals surface area contributed by atoms with Crippen LogP contribution in [0.1, 0.15) is 16.7 Å². The van der Waals surface area contributed by atoms with Gasteiger partial charge in [-0.25, -0.2) is 13.2 Å². The Labute approximate surface area is 173 Å². The topological polar surface area (TPSA) is 69.7 Å². The largest absolute Gasteiger partial charge is 0.416 e. The van der Waals surface area contributed by atoms with E-state index in [0.717, 1.165) is 12.1 Å². The van der Waals surface area contributed by atoms with E-state index in [0.29, 0.717) is 11.1 Å². The molecule has 0 aliphatic carbocycles. The van der Waals surface area contributed by atoms with E-state index in [-0.39, 0.29) is 38.5 Å². The van der Waals surface area contributed by atoms with Gasteiger partial charge in [0.2, 0.25) is 10.0 Å². The van der Waals surface area contributed by atoms with Crippen molar-refractivity contribution in [2.24, 2.45) is 0 Å². The molecule has 0 unspecified atom stereocenters. The second-order valence-electron chi connectivity index (χ2n) is 6.98. The van der Waals surface area contributed by atoms with Crippen LogP contribution in [-0.4, -0.2) is 49.8 Å². The Hall–Kier alpha value is -2.59. The summed E-state index contributed by atoms with van der Waals surface area (Å²) < 4.78 is 64.8. The quantitative estimate of drug-likeness (QED) is 0.776. The number of benzene rings is 2. The van der Waals surface area contributed by atoms with Crippen LogP contribution in [0.5, 0.6) is 0 Å². The van der Waals surface area contributed by atoms with Gasteiger partial charge in [0.1, 0.15) is 0 Å². The molecule has 1 fully saturated rings. The maximum Gasteiger partial charge on any atom is 0.416 e. The van der Waals surface area contributed by atoms with Crippen LogP contribution in [0.25, 0.3) is 0 Å². The Bertz CT molecular complexity index is 974. The zero-order valence-corrected chi connectivity index (χ0v) is 16.9. The Morgan fingerprint density at radius 1 is 0.933 bits per heavy atom. The molecular weight excluding hydrogens is 419 g/mol. The fourth-order valence-corrected chi connectivity index (χ4v) is 4.71. The summed E-state index contributed by atoms with van der Waals surface area (Å²) in [6, 6.07) is 13.2. The van der Waals surface area contributed by atoms with Gasteiger partial charge in [-0.05, 0) is 23.3 Å². The molecule has 0 bridgehead atoms. The van der Waals surface area contributed by atoms with Gasteiger partial charge in [-0.3, -0.25) is 0 Å². The number of urea groups is 1. The average molecular weight is 441 g/mol. The standard InChI is InChI=1S/C20H22F3N3O3S/c21-20(22,23)18-8-4-7-17(13-18)14-24-19(27)25-9-11-26(12-10-25)30(28,29)15-16-5-2-1-3-6-16/h1-8,13H,9-12,14-15H2,(H,24,27). The van der Waals surface area contributed by atoms with E-state index >= 15 is 0 Å². The predicted molar refractivity (Wildman–Crippen MR) is 106 cm³/mol. The molecule has 1 saturated heterocycles. The smallest absolute Gasteiger partial charge is 0.334 e. The molecule has 1 aliphatic heterocycles. The minimum atomic E-state index is -4.44. The van der Waals surface area contributed by atoms with E-state index in [2.05, 4.69) is 5.32 Å². The molecule has 0 spiro atoms. The Kier molecular flexibility index (Phi) is 6.67. The van der Waals surface area contributed by atoms with Crippen LogP contribution in [0.15, 0.2) is 54.6 Å². The minimum Gasteiger partial charge on any atom is -0.334 e.